The van der Waals surface area contributed by atoms with Crippen LogP contribution < -0.4 is 0 Å². The van der Waals surface area contributed by atoms with Crippen molar-refractivity contribution in [3.63, 3.8) is 0 Å². The van der Waals surface area contributed by atoms with Crippen LogP contribution in [0.3, 0.4) is 0 Å². The van der Waals surface area contributed by atoms with Crippen molar-refractivity contribution in [2.45, 2.75) is 52.2 Å². The molecule has 1 amide bonds. The van der Waals surface area contributed by atoms with Gasteiger partial charge in [0.2, 0.25) is 0 Å². The average molecular weight is 347 g/mol. The molecule has 1 fully saturated rings. The maximum Gasteiger partial charge on any atom is 0.410 e. The van der Waals surface area contributed by atoms with Crippen LogP contribution >= 0.6 is 0 Å². The normalized spacial score (nSPS) is 21.2. The van der Waals surface area contributed by atoms with Gasteiger partial charge in [0.1, 0.15) is 6.61 Å². The second-order valence-corrected chi connectivity index (χ2v) is 6.76. The molecule has 1 unspecified atom stereocenters. The molecule has 0 spiro atoms. The molecule has 0 bridgehead atoms. The Morgan fingerprint density at radius 2 is 1.76 bits per heavy atom. The van der Waals surface area contributed by atoms with E-state index in [4.69, 9.17) is 9.47 Å². The van der Waals surface area contributed by atoms with E-state index in [0.717, 1.165) is 31.2 Å². The summed E-state index contributed by atoms with van der Waals surface area (Å²) in [5, 5.41) is 0. The smallest absolute Gasteiger partial charge is 0.410 e. The quantitative estimate of drug-likeness (QED) is 0.730. The first-order valence-electron chi connectivity index (χ1n) is 9.13. The zero-order valence-electron chi connectivity index (χ0n) is 15.4. The van der Waals surface area contributed by atoms with Crippen LogP contribution in [0.5, 0.6) is 0 Å². The lowest BCUT2D eigenvalue weighted by atomic mass is 9.78. The van der Waals surface area contributed by atoms with Crippen molar-refractivity contribution >= 4 is 12.1 Å². The van der Waals surface area contributed by atoms with E-state index in [9.17, 15) is 9.59 Å². The molecule has 1 aliphatic rings. The Hall–Kier alpha value is -2.04. The maximum atomic E-state index is 12.3. The summed E-state index contributed by atoms with van der Waals surface area (Å²) in [7, 11) is 1.80. The van der Waals surface area contributed by atoms with Crippen LogP contribution in [0, 0.1) is 11.8 Å². The van der Waals surface area contributed by atoms with Gasteiger partial charge in [-0.1, -0.05) is 37.3 Å². The fraction of sp³-hybridized carbons (Fsp3) is 0.600. The second-order valence-electron chi connectivity index (χ2n) is 6.76. The van der Waals surface area contributed by atoms with Crippen LogP contribution in [-0.2, 0) is 20.9 Å². The lowest BCUT2D eigenvalue weighted by Crippen LogP contribution is -2.41. The van der Waals surface area contributed by atoms with Crippen molar-refractivity contribution in [1.82, 2.24) is 4.90 Å². The molecular weight excluding hydrogens is 318 g/mol. The van der Waals surface area contributed by atoms with E-state index in [1.807, 2.05) is 44.2 Å². The third kappa shape index (κ3) is 5.48. The predicted octanol–water partition coefficient (Wildman–Crippen LogP) is 4.01. The number of hydrogen-bond acceptors (Lipinski definition) is 4. The number of rotatable bonds is 6. The Bertz CT molecular complexity index is 552. The number of nitrogens with zero attached hydrogens (tertiary/aromatic N) is 1. The average Bonchev–Trinajstić information content (AvgIpc) is 2.66. The highest BCUT2D eigenvalue weighted by Crippen LogP contribution is 2.32. The van der Waals surface area contributed by atoms with Gasteiger partial charge in [0, 0.05) is 13.1 Å². The van der Waals surface area contributed by atoms with Crippen LogP contribution in [-0.4, -0.2) is 36.7 Å². The van der Waals surface area contributed by atoms with Gasteiger partial charge in [-0.25, -0.2) is 4.79 Å². The van der Waals surface area contributed by atoms with Gasteiger partial charge in [0.05, 0.1) is 12.5 Å². The molecule has 0 N–H and O–H groups in total. The molecule has 138 valence electrons. The van der Waals surface area contributed by atoms with E-state index >= 15 is 0 Å². The molecule has 0 saturated heterocycles. The first-order chi connectivity index (χ1) is 12.0. The van der Waals surface area contributed by atoms with Gasteiger partial charge in [-0.3, -0.25) is 4.79 Å². The monoisotopic (exact) mass is 347 g/mol. The van der Waals surface area contributed by atoms with Crippen LogP contribution in [0.1, 0.15) is 45.1 Å². The molecule has 1 aliphatic carbocycles. The first-order valence-corrected chi connectivity index (χ1v) is 9.13. The van der Waals surface area contributed by atoms with Crippen LogP contribution in [0.25, 0.3) is 0 Å². The fourth-order valence-corrected chi connectivity index (χ4v) is 3.43. The molecule has 0 heterocycles. The van der Waals surface area contributed by atoms with E-state index in [0.29, 0.717) is 19.1 Å². The molecule has 0 aliphatic heterocycles. The Morgan fingerprint density at radius 1 is 1.12 bits per heavy atom. The molecule has 1 saturated carbocycles. The molecule has 5 heteroatoms. The molecule has 5 nitrogen and oxygen atoms in total. The van der Waals surface area contributed by atoms with E-state index < -0.39 is 0 Å². The SMILES string of the molecule is CCOC(=O)C(C)C1CCC(N(C)C(=O)OCc2ccccc2)CC1. The summed E-state index contributed by atoms with van der Waals surface area (Å²) >= 11 is 0. The number of amides is 1. The molecule has 0 radical (unpaired) electrons. The lowest BCUT2D eigenvalue weighted by molar-refractivity contribution is -0.149. The van der Waals surface area contributed by atoms with E-state index in [1.54, 1.807) is 11.9 Å². The summed E-state index contributed by atoms with van der Waals surface area (Å²) in [5.74, 6) is 0.154. The van der Waals surface area contributed by atoms with Gasteiger partial charge in [0.25, 0.3) is 0 Å². The minimum atomic E-state index is -0.286. The zero-order valence-corrected chi connectivity index (χ0v) is 15.4. The van der Waals surface area contributed by atoms with Crippen molar-refractivity contribution in [2.24, 2.45) is 11.8 Å². The van der Waals surface area contributed by atoms with Gasteiger partial charge in [0.15, 0.2) is 0 Å². The minimum absolute atomic E-state index is 0.0729. The highest BCUT2D eigenvalue weighted by Gasteiger charge is 2.32. The van der Waals surface area contributed by atoms with Gasteiger partial charge >= 0.3 is 12.1 Å². The van der Waals surface area contributed by atoms with Gasteiger partial charge < -0.3 is 14.4 Å². The molecule has 0 aromatic heterocycles. The summed E-state index contributed by atoms with van der Waals surface area (Å²) in [6, 6.07) is 9.85. The molecule has 2 rings (SSSR count). The van der Waals surface area contributed by atoms with E-state index in [-0.39, 0.29) is 24.0 Å². The van der Waals surface area contributed by atoms with E-state index in [1.165, 1.54) is 0 Å². The summed E-state index contributed by atoms with van der Waals surface area (Å²) < 4.78 is 10.5. The van der Waals surface area contributed by atoms with Gasteiger partial charge in [-0.2, -0.15) is 0 Å². The van der Waals surface area contributed by atoms with Crippen LogP contribution in [0.2, 0.25) is 0 Å². The van der Waals surface area contributed by atoms with Crippen LogP contribution in [0.15, 0.2) is 30.3 Å². The Balaban J connectivity index is 1.77. The number of benzene rings is 1. The molecule has 1 atom stereocenters. The maximum absolute atomic E-state index is 12.3. The number of hydrogen-bond donors (Lipinski definition) is 0. The Labute approximate surface area is 150 Å². The van der Waals surface area contributed by atoms with Crippen molar-refractivity contribution in [2.75, 3.05) is 13.7 Å². The standard InChI is InChI=1S/C20H29NO4/c1-4-24-19(22)15(2)17-10-12-18(13-11-17)21(3)20(23)25-14-16-8-6-5-7-9-16/h5-9,15,17-18H,4,10-14H2,1-3H3. The number of ether oxygens (including phenoxy) is 2. The Morgan fingerprint density at radius 3 is 2.36 bits per heavy atom. The molecule has 1 aromatic rings. The van der Waals surface area contributed by atoms with Crippen molar-refractivity contribution in [3.05, 3.63) is 35.9 Å². The first kappa shape index (κ1) is 19.3. The molecule has 25 heavy (non-hydrogen) atoms. The predicted molar refractivity (Wildman–Crippen MR) is 95.9 cm³/mol. The van der Waals surface area contributed by atoms with E-state index in [2.05, 4.69) is 0 Å². The number of esters is 1. The number of carbonyl (C=O) groups is 2. The zero-order chi connectivity index (χ0) is 18.2. The van der Waals surface area contributed by atoms with Crippen molar-refractivity contribution < 1.29 is 19.1 Å². The summed E-state index contributed by atoms with van der Waals surface area (Å²) in [6.07, 6.45) is 3.37. The summed E-state index contributed by atoms with van der Waals surface area (Å²) in [6.45, 7) is 4.49. The van der Waals surface area contributed by atoms with Crippen molar-refractivity contribution in [3.8, 4) is 0 Å². The Kier molecular flexibility index (Phi) is 7.29. The molecule has 1 aromatic carbocycles. The number of carbonyl (C=O) groups excluding carboxylic acids is 2. The fourth-order valence-electron chi connectivity index (χ4n) is 3.43. The van der Waals surface area contributed by atoms with Gasteiger partial charge in [-0.15, -0.1) is 0 Å². The summed E-state index contributed by atoms with van der Waals surface area (Å²) in [4.78, 5) is 25.8. The third-order valence-electron chi connectivity index (χ3n) is 5.15. The highest BCUT2D eigenvalue weighted by molar-refractivity contribution is 5.72. The lowest BCUT2D eigenvalue weighted by Gasteiger charge is -2.35. The highest BCUT2D eigenvalue weighted by atomic mass is 16.6. The van der Waals surface area contributed by atoms with Gasteiger partial charge in [-0.05, 0) is 44.1 Å². The van der Waals surface area contributed by atoms with Crippen molar-refractivity contribution in [1.29, 1.82) is 0 Å². The third-order valence-corrected chi connectivity index (χ3v) is 5.15. The van der Waals surface area contributed by atoms with Crippen LogP contribution in [0.4, 0.5) is 4.79 Å². The second kappa shape index (κ2) is 9.44. The summed E-state index contributed by atoms with van der Waals surface area (Å²) in [5.41, 5.74) is 0.983. The largest absolute Gasteiger partial charge is 0.466 e. The molecular formula is C20H29NO4. The minimum Gasteiger partial charge on any atom is -0.466 e. The topological polar surface area (TPSA) is 55.8 Å².